The molecule has 0 bridgehead atoms. The summed E-state index contributed by atoms with van der Waals surface area (Å²) in [5.74, 6) is 0.896. The molecule has 0 aromatic heterocycles. The fourth-order valence-electron chi connectivity index (χ4n) is 14.1. The largest absolute Gasteiger partial charge is 0.385 e. The molecule has 0 amide bonds. The molecular formula is C83H108N8O13S5. The summed E-state index contributed by atoms with van der Waals surface area (Å²) in [6.07, 6.45) is 10.4. The SMILES string of the molecule is CCCCCCCCNC1c2ccccc2N(CC)S(=O)(=O)c2ccccc21.CCN1c2ccccc2C(NCCCOC)c2ccccc2S1(=O)=O.CCSc1ccc2c(c1)S(=O)(=O)N(C)c1ccccc1C2NCCCOC.COC(C)CCNC1c2ccccc2N(C)S(=O)(=O)c2cc(C)ccc21.O=C=O. The fourth-order valence-corrected chi connectivity index (χ4v) is 21.4. The number of thioether (sulfide) groups is 1. The smallest absolute Gasteiger partial charge is 0.373 e. The molecule has 588 valence electrons. The van der Waals surface area contributed by atoms with Gasteiger partial charge in [-0.15, -0.1) is 11.8 Å². The van der Waals surface area contributed by atoms with E-state index in [0.717, 1.165) is 124 Å². The van der Waals surface area contributed by atoms with Crippen LogP contribution in [0.4, 0.5) is 22.7 Å². The van der Waals surface area contributed by atoms with Gasteiger partial charge >= 0.3 is 6.15 Å². The third-order valence-corrected chi connectivity index (χ3v) is 28.1. The Hall–Kier alpha value is -7.79. The van der Waals surface area contributed by atoms with E-state index in [0.29, 0.717) is 57.3 Å². The molecular weight excluding hydrogens is 1480 g/mol. The number of benzene rings is 8. The number of anilines is 4. The molecule has 0 saturated carbocycles. The first-order valence-corrected chi connectivity index (χ1v) is 44.1. The van der Waals surface area contributed by atoms with Gasteiger partial charge in [0.2, 0.25) is 0 Å². The van der Waals surface area contributed by atoms with Crippen molar-refractivity contribution in [1.82, 2.24) is 21.3 Å². The van der Waals surface area contributed by atoms with Crippen molar-refractivity contribution in [3.05, 3.63) is 232 Å². The maximum Gasteiger partial charge on any atom is 0.373 e. The number of sulfonamides is 4. The molecule has 4 aliphatic rings. The molecule has 0 fully saturated rings. The molecule has 0 spiro atoms. The Morgan fingerprint density at radius 3 is 1.17 bits per heavy atom. The van der Waals surface area contributed by atoms with Gasteiger partial charge in [-0.2, -0.15) is 9.59 Å². The topological polar surface area (TPSA) is 259 Å². The normalized spacial score (nSPS) is 17.9. The number of ether oxygens (including phenoxy) is 3. The van der Waals surface area contributed by atoms with Gasteiger partial charge in [0.05, 0.1) is 72.6 Å². The van der Waals surface area contributed by atoms with E-state index in [1.165, 1.54) is 49.3 Å². The highest BCUT2D eigenvalue weighted by atomic mass is 32.2. The molecule has 109 heavy (non-hydrogen) atoms. The van der Waals surface area contributed by atoms with Gasteiger partial charge in [0.15, 0.2) is 0 Å². The number of nitrogens with zero attached hydrogens (tertiary/aromatic N) is 4. The number of unbranched alkanes of at least 4 members (excludes halogenated alkanes) is 5. The lowest BCUT2D eigenvalue weighted by Crippen LogP contribution is -2.30. The quantitative estimate of drug-likeness (QED) is 0.0275. The molecule has 4 N–H and O–H groups in total. The zero-order chi connectivity index (χ0) is 78.9. The van der Waals surface area contributed by atoms with Crippen molar-refractivity contribution < 1.29 is 57.5 Å². The van der Waals surface area contributed by atoms with Crippen LogP contribution in [0, 0.1) is 6.92 Å². The van der Waals surface area contributed by atoms with E-state index in [1.54, 1.807) is 71.5 Å². The zero-order valence-corrected chi connectivity index (χ0v) is 68.7. The van der Waals surface area contributed by atoms with E-state index in [4.69, 9.17) is 23.8 Å². The summed E-state index contributed by atoms with van der Waals surface area (Å²) in [6.45, 7) is 17.2. The van der Waals surface area contributed by atoms with Crippen LogP contribution in [0.3, 0.4) is 0 Å². The number of rotatable bonds is 27. The van der Waals surface area contributed by atoms with Crippen LogP contribution in [0.2, 0.25) is 0 Å². The second-order valence-electron chi connectivity index (χ2n) is 26.7. The molecule has 0 radical (unpaired) electrons. The fraction of sp³-hybridized carbons (Fsp3) is 0.410. The molecule has 26 heteroatoms. The van der Waals surface area contributed by atoms with Gasteiger partial charge in [0.1, 0.15) is 0 Å². The number of hydrogen-bond acceptors (Lipinski definition) is 18. The first kappa shape index (κ1) is 86.8. The summed E-state index contributed by atoms with van der Waals surface area (Å²) < 4.78 is 128. The Morgan fingerprint density at radius 2 is 0.761 bits per heavy atom. The molecule has 0 aliphatic carbocycles. The Labute approximate surface area is 652 Å². The van der Waals surface area contributed by atoms with Crippen LogP contribution in [0.5, 0.6) is 0 Å². The maximum absolute atomic E-state index is 13.3. The van der Waals surface area contributed by atoms with Crippen molar-refractivity contribution in [2.45, 2.75) is 154 Å². The summed E-state index contributed by atoms with van der Waals surface area (Å²) in [7, 11) is -6.06. The number of aryl methyl sites for hydroxylation is 1. The predicted molar refractivity (Wildman–Crippen MR) is 436 cm³/mol. The highest BCUT2D eigenvalue weighted by molar-refractivity contribution is 7.99. The summed E-state index contributed by atoms with van der Waals surface area (Å²) >= 11 is 1.65. The second-order valence-corrected chi connectivity index (χ2v) is 35.6. The minimum Gasteiger partial charge on any atom is -0.385 e. The van der Waals surface area contributed by atoms with E-state index < -0.39 is 40.1 Å². The molecule has 21 nitrogen and oxygen atoms in total. The monoisotopic (exact) mass is 1580 g/mol. The molecule has 8 aromatic rings. The molecule has 5 unspecified atom stereocenters. The average Bonchev–Trinajstić information content (AvgIpc) is 1.62. The van der Waals surface area contributed by atoms with Gasteiger partial charge in [-0.25, -0.2) is 33.7 Å². The highest BCUT2D eigenvalue weighted by Crippen LogP contribution is 2.45. The Morgan fingerprint density at radius 1 is 0.413 bits per heavy atom. The van der Waals surface area contributed by atoms with E-state index in [1.807, 2.05) is 179 Å². The van der Waals surface area contributed by atoms with E-state index in [-0.39, 0.29) is 36.4 Å². The minimum atomic E-state index is -3.62. The molecule has 8 aromatic carbocycles. The standard InChI is InChI=1S/C23H32N2O2S.C20H26N2O3S2.C20H26N2O3S.C19H24N2O3S.CO2/c1-3-5-6-7-8-13-18-24-23-19-14-9-11-16-21(19)25(4-2)28(26,27)22-17-12-10-15-20(22)23;1-4-26-15-10-11-17-19(14-15)27(23,24)22(2)18-9-6-5-8-16(18)20(17)21-12-7-13-25-3;1-14-9-10-17-19(13-14)26(23,24)22(3)18-8-6-5-7-16(18)20(17)21-12-11-15(2)25-4;1-3-21-17-11-6-4-9-15(17)19(20-13-8-14-24-2)16-10-5-7-12-18(16)25(21,22)23;2-1-3/h9-12,14-17,23-24H,3-8,13,18H2,1-2H3;5-6,8-11,14,20-21H,4,7,12-13H2,1-3H3;5-10,13,15,20-21H,11-12H2,1-4H3;4-7,9-12,19-20H,3,8,13-14H2,1-2H3;. The summed E-state index contributed by atoms with van der Waals surface area (Å²) in [4.78, 5) is 18.8. The van der Waals surface area contributed by atoms with E-state index in [9.17, 15) is 33.7 Å². The zero-order valence-electron chi connectivity index (χ0n) is 64.6. The summed E-state index contributed by atoms with van der Waals surface area (Å²) in [5.41, 5.74) is 11.0. The molecule has 4 aliphatic heterocycles. The first-order valence-electron chi connectivity index (χ1n) is 37.4. The summed E-state index contributed by atoms with van der Waals surface area (Å²) in [5, 5.41) is 14.3. The van der Waals surface area contributed by atoms with Gasteiger partial charge in [-0.3, -0.25) is 17.2 Å². The first-order chi connectivity index (χ1) is 52.5. The lowest BCUT2D eigenvalue weighted by molar-refractivity contribution is -0.191. The van der Waals surface area contributed by atoms with Gasteiger partial charge in [-0.1, -0.05) is 173 Å². The van der Waals surface area contributed by atoms with Crippen molar-refractivity contribution in [3.63, 3.8) is 0 Å². The number of fused-ring (bicyclic) bond motifs is 8. The molecule has 12 rings (SSSR count). The number of hydrogen-bond donors (Lipinski definition) is 4. The number of carbonyl (C=O) groups excluding carboxylic acids is 2. The predicted octanol–water partition coefficient (Wildman–Crippen LogP) is 14.5. The number of methoxy groups -OCH3 is 3. The summed E-state index contributed by atoms with van der Waals surface area (Å²) in [6, 6.07) is 56.4. The molecule has 0 saturated heterocycles. The van der Waals surface area contributed by atoms with Crippen molar-refractivity contribution in [2.75, 3.05) is 111 Å². The molecule has 5 atom stereocenters. The average molecular weight is 1590 g/mol. The van der Waals surface area contributed by atoms with Crippen LogP contribution in [0.15, 0.2) is 206 Å². The Bertz CT molecular complexity index is 4800. The van der Waals surface area contributed by atoms with Gasteiger partial charge < -0.3 is 35.5 Å². The van der Waals surface area contributed by atoms with Gasteiger partial charge in [0.25, 0.3) is 40.1 Å². The van der Waals surface area contributed by atoms with Crippen LogP contribution < -0.4 is 38.5 Å². The number of nitrogens with one attached hydrogen (secondary N) is 4. The van der Waals surface area contributed by atoms with Crippen molar-refractivity contribution in [3.8, 4) is 0 Å². The number of para-hydroxylation sites is 4. The minimum absolute atomic E-state index is 0.116. The third kappa shape index (κ3) is 20.7. The third-order valence-electron chi connectivity index (χ3n) is 19.7. The Kier molecular flexibility index (Phi) is 33.0. The van der Waals surface area contributed by atoms with Crippen molar-refractivity contribution in [2.24, 2.45) is 0 Å². The van der Waals surface area contributed by atoms with Gasteiger partial charge in [-0.05, 0) is 190 Å². The maximum atomic E-state index is 13.3. The van der Waals surface area contributed by atoms with Crippen LogP contribution >= 0.6 is 11.8 Å². The van der Waals surface area contributed by atoms with Crippen LogP contribution in [-0.2, 0) is 63.9 Å². The Balaban J connectivity index is 0.000000181. The van der Waals surface area contributed by atoms with E-state index in [2.05, 4.69) is 41.2 Å². The van der Waals surface area contributed by atoms with Crippen molar-refractivity contribution >= 4 is 80.8 Å². The van der Waals surface area contributed by atoms with Crippen molar-refractivity contribution in [1.29, 1.82) is 0 Å². The van der Waals surface area contributed by atoms with Gasteiger partial charge in [0, 0.05) is 66.6 Å². The molecule has 4 heterocycles. The lowest BCUT2D eigenvalue weighted by atomic mass is 9.96. The second kappa shape index (κ2) is 41.5. The van der Waals surface area contributed by atoms with Crippen LogP contribution in [0.25, 0.3) is 0 Å². The lowest BCUT2D eigenvalue weighted by Gasteiger charge is -2.24. The van der Waals surface area contributed by atoms with Crippen LogP contribution in [0.1, 0.15) is 167 Å². The van der Waals surface area contributed by atoms with E-state index >= 15 is 0 Å². The highest BCUT2D eigenvalue weighted by Gasteiger charge is 2.40. The van der Waals surface area contributed by atoms with Crippen LogP contribution in [-0.4, -0.2) is 140 Å².